The summed E-state index contributed by atoms with van der Waals surface area (Å²) in [6.07, 6.45) is 2.10. The van der Waals surface area contributed by atoms with E-state index in [0.717, 1.165) is 12.0 Å². The molecule has 94 valence electrons. The van der Waals surface area contributed by atoms with E-state index in [0.29, 0.717) is 31.1 Å². The maximum atomic E-state index is 11.8. The van der Waals surface area contributed by atoms with E-state index in [1.165, 1.54) is 11.1 Å². The van der Waals surface area contributed by atoms with Crippen molar-refractivity contribution in [2.75, 3.05) is 6.54 Å². The highest BCUT2D eigenvalue weighted by atomic mass is 16.1. The largest absolute Gasteiger partial charge is 0.330 e. The molecule has 0 aromatic heterocycles. The van der Waals surface area contributed by atoms with Gasteiger partial charge in [0.2, 0.25) is 0 Å². The van der Waals surface area contributed by atoms with E-state index in [1.807, 2.05) is 6.07 Å². The van der Waals surface area contributed by atoms with E-state index in [-0.39, 0.29) is 0 Å². The lowest BCUT2D eigenvalue weighted by atomic mass is 9.98. The SMILES string of the molecule is Cc1ccc(CC(=O)CCC(C)CN)cc1C. The van der Waals surface area contributed by atoms with Crippen LogP contribution in [-0.2, 0) is 11.2 Å². The summed E-state index contributed by atoms with van der Waals surface area (Å²) < 4.78 is 0. The fourth-order valence-corrected chi connectivity index (χ4v) is 1.75. The number of rotatable bonds is 6. The average molecular weight is 233 g/mol. The first-order valence-corrected chi connectivity index (χ1v) is 6.30. The number of Topliss-reactive ketones (excluding diaryl/α,β-unsaturated/α-hetero) is 1. The Balaban J connectivity index is 2.48. The smallest absolute Gasteiger partial charge is 0.137 e. The molecule has 0 fully saturated rings. The molecular weight excluding hydrogens is 210 g/mol. The van der Waals surface area contributed by atoms with Crippen LogP contribution in [0.2, 0.25) is 0 Å². The summed E-state index contributed by atoms with van der Waals surface area (Å²) >= 11 is 0. The van der Waals surface area contributed by atoms with Gasteiger partial charge >= 0.3 is 0 Å². The van der Waals surface area contributed by atoms with Crippen LogP contribution in [0.15, 0.2) is 18.2 Å². The van der Waals surface area contributed by atoms with Gasteiger partial charge in [-0.3, -0.25) is 4.79 Å². The first-order chi connectivity index (χ1) is 8.02. The van der Waals surface area contributed by atoms with Crippen LogP contribution in [0.25, 0.3) is 0 Å². The highest BCUT2D eigenvalue weighted by molar-refractivity contribution is 5.80. The molecule has 0 spiro atoms. The van der Waals surface area contributed by atoms with Crippen molar-refractivity contribution < 1.29 is 4.79 Å². The number of aryl methyl sites for hydroxylation is 2. The quantitative estimate of drug-likeness (QED) is 0.821. The second-order valence-corrected chi connectivity index (χ2v) is 5.01. The highest BCUT2D eigenvalue weighted by Gasteiger charge is 2.07. The van der Waals surface area contributed by atoms with Crippen LogP contribution < -0.4 is 5.73 Å². The van der Waals surface area contributed by atoms with Gasteiger partial charge in [-0.2, -0.15) is 0 Å². The van der Waals surface area contributed by atoms with Gasteiger partial charge in [-0.05, 0) is 49.4 Å². The average Bonchev–Trinajstić information content (AvgIpc) is 2.31. The molecule has 0 radical (unpaired) electrons. The summed E-state index contributed by atoms with van der Waals surface area (Å²) in [5.41, 5.74) is 9.19. The van der Waals surface area contributed by atoms with Gasteiger partial charge in [-0.1, -0.05) is 25.1 Å². The van der Waals surface area contributed by atoms with Crippen molar-refractivity contribution in [3.05, 3.63) is 34.9 Å². The van der Waals surface area contributed by atoms with Crippen molar-refractivity contribution in [1.82, 2.24) is 0 Å². The molecule has 17 heavy (non-hydrogen) atoms. The number of benzene rings is 1. The molecule has 2 heteroatoms. The zero-order chi connectivity index (χ0) is 12.8. The molecule has 0 amide bonds. The number of carbonyl (C=O) groups is 1. The fraction of sp³-hybridized carbons (Fsp3) is 0.533. The van der Waals surface area contributed by atoms with Crippen molar-refractivity contribution in [2.24, 2.45) is 11.7 Å². The Kier molecular flexibility index (Phi) is 5.36. The molecule has 0 heterocycles. The molecule has 0 saturated heterocycles. The summed E-state index contributed by atoms with van der Waals surface area (Å²) in [5.74, 6) is 0.757. The van der Waals surface area contributed by atoms with E-state index in [1.54, 1.807) is 0 Å². The summed E-state index contributed by atoms with van der Waals surface area (Å²) in [7, 11) is 0. The summed E-state index contributed by atoms with van der Waals surface area (Å²) in [6.45, 7) is 6.92. The van der Waals surface area contributed by atoms with Gasteiger partial charge in [-0.15, -0.1) is 0 Å². The predicted molar refractivity (Wildman–Crippen MR) is 72.1 cm³/mol. The Morgan fingerprint density at radius 1 is 1.29 bits per heavy atom. The van der Waals surface area contributed by atoms with E-state index in [9.17, 15) is 4.79 Å². The van der Waals surface area contributed by atoms with Crippen LogP contribution in [0.4, 0.5) is 0 Å². The molecule has 1 unspecified atom stereocenters. The van der Waals surface area contributed by atoms with E-state index in [2.05, 4.69) is 32.9 Å². The molecule has 1 aromatic rings. The molecule has 0 saturated carbocycles. The monoisotopic (exact) mass is 233 g/mol. The maximum absolute atomic E-state index is 11.8. The zero-order valence-corrected chi connectivity index (χ0v) is 11.1. The molecular formula is C15H23NO. The van der Waals surface area contributed by atoms with Gasteiger partial charge in [0.1, 0.15) is 5.78 Å². The fourth-order valence-electron chi connectivity index (χ4n) is 1.75. The van der Waals surface area contributed by atoms with Crippen LogP contribution >= 0.6 is 0 Å². The highest BCUT2D eigenvalue weighted by Crippen LogP contribution is 2.12. The van der Waals surface area contributed by atoms with Gasteiger partial charge in [0.15, 0.2) is 0 Å². The topological polar surface area (TPSA) is 43.1 Å². The summed E-state index contributed by atoms with van der Waals surface area (Å²) in [5, 5.41) is 0. The number of ketones is 1. The Bertz CT molecular complexity index is 385. The first-order valence-electron chi connectivity index (χ1n) is 6.30. The predicted octanol–water partition coefficient (Wildman–Crippen LogP) is 2.79. The summed E-state index contributed by atoms with van der Waals surface area (Å²) in [6, 6.07) is 6.24. The Morgan fingerprint density at radius 3 is 2.59 bits per heavy atom. The van der Waals surface area contributed by atoms with Crippen LogP contribution in [0.1, 0.15) is 36.5 Å². The lowest BCUT2D eigenvalue weighted by molar-refractivity contribution is -0.118. The number of hydrogen-bond donors (Lipinski definition) is 1. The molecule has 2 nitrogen and oxygen atoms in total. The van der Waals surface area contributed by atoms with Crippen LogP contribution in [0.3, 0.4) is 0 Å². The molecule has 2 N–H and O–H groups in total. The Morgan fingerprint density at radius 2 is 2.00 bits per heavy atom. The third-order valence-corrected chi connectivity index (χ3v) is 3.29. The number of carbonyl (C=O) groups excluding carboxylic acids is 1. The Hall–Kier alpha value is -1.15. The minimum absolute atomic E-state index is 0.313. The standard InChI is InChI=1S/C15H23NO/c1-11(10-16)4-7-15(17)9-14-6-5-12(2)13(3)8-14/h5-6,8,11H,4,7,9-10,16H2,1-3H3. The molecule has 1 aromatic carbocycles. The van der Waals surface area contributed by atoms with Gasteiger partial charge in [0.05, 0.1) is 0 Å². The Labute approximate surface area is 104 Å². The molecule has 0 aliphatic heterocycles. The van der Waals surface area contributed by atoms with E-state index < -0.39 is 0 Å². The van der Waals surface area contributed by atoms with Crippen molar-refractivity contribution in [2.45, 2.75) is 40.0 Å². The van der Waals surface area contributed by atoms with Crippen LogP contribution in [-0.4, -0.2) is 12.3 Å². The maximum Gasteiger partial charge on any atom is 0.137 e. The minimum atomic E-state index is 0.313. The molecule has 0 aliphatic carbocycles. The van der Waals surface area contributed by atoms with Crippen molar-refractivity contribution in [1.29, 1.82) is 0 Å². The number of nitrogens with two attached hydrogens (primary N) is 1. The molecule has 1 rings (SSSR count). The second-order valence-electron chi connectivity index (χ2n) is 5.01. The first kappa shape index (κ1) is 13.9. The van der Waals surface area contributed by atoms with E-state index in [4.69, 9.17) is 5.73 Å². The number of hydrogen-bond acceptors (Lipinski definition) is 2. The zero-order valence-electron chi connectivity index (χ0n) is 11.1. The van der Waals surface area contributed by atoms with Gasteiger partial charge in [-0.25, -0.2) is 0 Å². The van der Waals surface area contributed by atoms with Crippen molar-refractivity contribution >= 4 is 5.78 Å². The second kappa shape index (κ2) is 6.55. The lowest BCUT2D eigenvalue weighted by Crippen LogP contribution is -2.13. The van der Waals surface area contributed by atoms with Crippen molar-refractivity contribution in [3.8, 4) is 0 Å². The van der Waals surface area contributed by atoms with E-state index >= 15 is 0 Å². The molecule has 0 bridgehead atoms. The molecule has 1 atom stereocenters. The van der Waals surface area contributed by atoms with Crippen LogP contribution in [0, 0.1) is 19.8 Å². The van der Waals surface area contributed by atoms with Gasteiger partial charge < -0.3 is 5.73 Å². The van der Waals surface area contributed by atoms with Gasteiger partial charge in [0, 0.05) is 12.8 Å². The minimum Gasteiger partial charge on any atom is -0.330 e. The summed E-state index contributed by atoms with van der Waals surface area (Å²) in [4.78, 5) is 11.8. The molecule has 0 aliphatic rings. The van der Waals surface area contributed by atoms with Crippen LogP contribution in [0.5, 0.6) is 0 Å². The third-order valence-electron chi connectivity index (χ3n) is 3.29. The lowest BCUT2D eigenvalue weighted by Gasteiger charge is -2.08. The van der Waals surface area contributed by atoms with Gasteiger partial charge in [0.25, 0.3) is 0 Å². The van der Waals surface area contributed by atoms with Crippen molar-refractivity contribution in [3.63, 3.8) is 0 Å². The normalized spacial score (nSPS) is 12.5. The third kappa shape index (κ3) is 4.70.